The third-order valence-corrected chi connectivity index (χ3v) is 6.11. The highest BCUT2D eigenvalue weighted by Gasteiger charge is 2.23. The highest BCUT2D eigenvalue weighted by molar-refractivity contribution is 7.91. The van der Waals surface area contributed by atoms with Crippen LogP contribution in [0.25, 0.3) is 5.69 Å². The van der Waals surface area contributed by atoms with Gasteiger partial charge >= 0.3 is 0 Å². The molecule has 0 spiro atoms. The first-order chi connectivity index (χ1) is 11.0. The van der Waals surface area contributed by atoms with E-state index in [4.69, 9.17) is 0 Å². The summed E-state index contributed by atoms with van der Waals surface area (Å²) in [5.41, 5.74) is 2.11. The van der Waals surface area contributed by atoms with Gasteiger partial charge in [-0.3, -0.25) is 0 Å². The van der Waals surface area contributed by atoms with Crippen molar-refractivity contribution in [3.05, 3.63) is 36.2 Å². The van der Waals surface area contributed by atoms with Crippen LogP contribution >= 0.6 is 0 Å². The Kier molecular flexibility index (Phi) is 4.72. The van der Waals surface area contributed by atoms with Crippen LogP contribution in [0.3, 0.4) is 0 Å². The van der Waals surface area contributed by atoms with Gasteiger partial charge in [0, 0.05) is 6.04 Å². The summed E-state index contributed by atoms with van der Waals surface area (Å²) >= 11 is 0. The summed E-state index contributed by atoms with van der Waals surface area (Å²) in [6.45, 7) is 2.97. The predicted octanol–water partition coefficient (Wildman–Crippen LogP) is 1.14. The Balaban J connectivity index is 1.53. The van der Waals surface area contributed by atoms with Crippen molar-refractivity contribution >= 4 is 9.84 Å². The van der Waals surface area contributed by atoms with Crippen molar-refractivity contribution in [2.45, 2.75) is 25.8 Å². The summed E-state index contributed by atoms with van der Waals surface area (Å²) in [4.78, 5) is 0. The monoisotopic (exact) mass is 335 g/mol. The van der Waals surface area contributed by atoms with Gasteiger partial charge in [-0.1, -0.05) is 12.1 Å². The maximum Gasteiger partial charge on any atom is 0.150 e. The SMILES string of the molecule is C[C@H](NCC1CCS(=O)(=O)CC1)c1ccc(-n2cnnn2)cc1. The van der Waals surface area contributed by atoms with E-state index >= 15 is 0 Å². The van der Waals surface area contributed by atoms with E-state index in [1.165, 1.54) is 5.56 Å². The number of nitrogens with one attached hydrogen (secondary N) is 1. The second kappa shape index (κ2) is 6.76. The van der Waals surface area contributed by atoms with Gasteiger partial charge in [0.2, 0.25) is 0 Å². The molecule has 124 valence electrons. The van der Waals surface area contributed by atoms with Gasteiger partial charge < -0.3 is 5.32 Å². The smallest absolute Gasteiger partial charge is 0.150 e. The van der Waals surface area contributed by atoms with Crippen LogP contribution in [-0.4, -0.2) is 46.7 Å². The van der Waals surface area contributed by atoms with Crippen molar-refractivity contribution in [1.29, 1.82) is 0 Å². The molecule has 1 saturated heterocycles. The fourth-order valence-electron chi connectivity index (χ4n) is 2.80. The molecule has 1 aliphatic heterocycles. The number of tetrazole rings is 1. The fraction of sp³-hybridized carbons (Fsp3) is 0.533. The van der Waals surface area contributed by atoms with Gasteiger partial charge in [-0.25, -0.2) is 13.1 Å². The van der Waals surface area contributed by atoms with Gasteiger partial charge in [0.15, 0.2) is 0 Å². The van der Waals surface area contributed by atoms with Crippen molar-refractivity contribution in [3.63, 3.8) is 0 Å². The summed E-state index contributed by atoms with van der Waals surface area (Å²) in [5, 5.41) is 14.6. The molecule has 8 heteroatoms. The Morgan fingerprint density at radius 3 is 2.57 bits per heavy atom. The van der Waals surface area contributed by atoms with Crippen molar-refractivity contribution < 1.29 is 8.42 Å². The minimum atomic E-state index is -2.78. The highest BCUT2D eigenvalue weighted by Crippen LogP contribution is 2.20. The second-order valence-corrected chi connectivity index (χ2v) is 8.37. The van der Waals surface area contributed by atoms with Crippen LogP contribution in [0.2, 0.25) is 0 Å². The topological polar surface area (TPSA) is 89.8 Å². The number of benzene rings is 1. The summed E-state index contributed by atoms with van der Waals surface area (Å²) in [6, 6.07) is 8.30. The number of sulfone groups is 1. The van der Waals surface area contributed by atoms with Crippen LogP contribution in [-0.2, 0) is 9.84 Å². The Labute approximate surface area is 136 Å². The third-order valence-electron chi connectivity index (χ3n) is 4.39. The third kappa shape index (κ3) is 4.14. The minimum absolute atomic E-state index is 0.219. The van der Waals surface area contributed by atoms with Gasteiger partial charge in [-0.15, -0.1) is 5.10 Å². The summed E-state index contributed by atoms with van der Waals surface area (Å²) in [7, 11) is -2.78. The summed E-state index contributed by atoms with van der Waals surface area (Å²) in [6.07, 6.45) is 3.09. The molecule has 0 amide bonds. The lowest BCUT2D eigenvalue weighted by molar-refractivity contribution is 0.410. The van der Waals surface area contributed by atoms with Gasteiger partial charge in [-0.2, -0.15) is 0 Å². The average molecular weight is 335 g/mol. The quantitative estimate of drug-likeness (QED) is 0.881. The van der Waals surface area contributed by atoms with Gasteiger partial charge in [-0.05, 0) is 60.4 Å². The molecule has 1 aromatic heterocycles. The van der Waals surface area contributed by atoms with Crippen molar-refractivity contribution in [2.75, 3.05) is 18.1 Å². The second-order valence-electron chi connectivity index (χ2n) is 6.07. The molecule has 0 radical (unpaired) electrons. The molecule has 0 unspecified atom stereocenters. The minimum Gasteiger partial charge on any atom is -0.310 e. The van der Waals surface area contributed by atoms with Crippen LogP contribution in [0.1, 0.15) is 31.4 Å². The molecule has 0 bridgehead atoms. The average Bonchev–Trinajstić information content (AvgIpc) is 3.08. The van der Waals surface area contributed by atoms with E-state index in [1.54, 1.807) is 11.0 Å². The molecule has 0 saturated carbocycles. The molecule has 1 fully saturated rings. The van der Waals surface area contributed by atoms with Crippen molar-refractivity contribution in [2.24, 2.45) is 5.92 Å². The first-order valence-corrected chi connectivity index (χ1v) is 9.63. The predicted molar refractivity (Wildman–Crippen MR) is 86.9 cm³/mol. The zero-order valence-electron chi connectivity index (χ0n) is 13.1. The number of rotatable bonds is 5. The lowest BCUT2D eigenvalue weighted by Crippen LogP contribution is -2.32. The van der Waals surface area contributed by atoms with Crippen LogP contribution in [0.5, 0.6) is 0 Å². The molecule has 1 aromatic carbocycles. The molecule has 3 rings (SSSR count). The molecule has 23 heavy (non-hydrogen) atoms. The van der Waals surface area contributed by atoms with E-state index in [1.807, 2.05) is 12.1 Å². The van der Waals surface area contributed by atoms with Gasteiger partial charge in [0.25, 0.3) is 0 Å². The highest BCUT2D eigenvalue weighted by atomic mass is 32.2. The van der Waals surface area contributed by atoms with E-state index in [2.05, 4.69) is 39.9 Å². The number of nitrogens with zero attached hydrogens (tertiary/aromatic N) is 4. The number of hydrogen-bond acceptors (Lipinski definition) is 6. The van der Waals surface area contributed by atoms with Crippen LogP contribution < -0.4 is 5.32 Å². The lowest BCUT2D eigenvalue weighted by Gasteiger charge is -2.24. The lowest BCUT2D eigenvalue weighted by atomic mass is 10.0. The molecule has 2 aromatic rings. The van der Waals surface area contributed by atoms with E-state index < -0.39 is 9.84 Å². The Morgan fingerprint density at radius 1 is 1.26 bits per heavy atom. The zero-order chi connectivity index (χ0) is 16.3. The van der Waals surface area contributed by atoms with E-state index in [0.29, 0.717) is 17.4 Å². The normalized spacial score (nSPS) is 19.5. The molecule has 1 aliphatic rings. The first-order valence-electron chi connectivity index (χ1n) is 7.81. The maximum absolute atomic E-state index is 11.4. The summed E-state index contributed by atoms with van der Waals surface area (Å²) in [5.74, 6) is 1.10. The van der Waals surface area contributed by atoms with Gasteiger partial charge in [0.1, 0.15) is 16.2 Å². The van der Waals surface area contributed by atoms with Crippen molar-refractivity contribution in [3.8, 4) is 5.69 Å². The van der Waals surface area contributed by atoms with Gasteiger partial charge in [0.05, 0.1) is 17.2 Å². The standard InChI is InChI=1S/C15H21N5O2S/c1-12(16-10-13-6-8-23(21,22)9-7-13)14-2-4-15(5-3-14)20-11-17-18-19-20/h2-5,11-13,16H,6-10H2,1H3/t12-/m0/s1. The van der Waals surface area contributed by atoms with E-state index in [0.717, 1.165) is 25.1 Å². The van der Waals surface area contributed by atoms with E-state index in [9.17, 15) is 8.42 Å². The molecule has 2 heterocycles. The Hall–Kier alpha value is -1.80. The largest absolute Gasteiger partial charge is 0.310 e. The fourth-order valence-corrected chi connectivity index (χ4v) is 4.39. The number of hydrogen-bond donors (Lipinski definition) is 1. The molecule has 1 atom stereocenters. The zero-order valence-corrected chi connectivity index (χ0v) is 13.9. The van der Waals surface area contributed by atoms with Crippen LogP contribution in [0, 0.1) is 5.92 Å². The molecular formula is C15H21N5O2S. The van der Waals surface area contributed by atoms with Crippen LogP contribution in [0.15, 0.2) is 30.6 Å². The maximum atomic E-state index is 11.4. The number of aromatic nitrogens is 4. The first kappa shape index (κ1) is 16.1. The molecule has 1 N–H and O–H groups in total. The molecule has 7 nitrogen and oxygen atoms in total. The Bertz CT molecular complexity index is 714. The summed E-state index contributed by atoms with van der Waals surface area (Å²) < 4.78 is 24.5. The van der Waals surface area contributed by atoms with E-state index in [-0.39, 0.29) is 6.04 Å². The van der Waals surface area contributed by atoms with Crippen molar-refractivity contribution in [1.82, 2.24) is 25.5 Å². The molecular weight excluding hydrogens is 314 g/mol. The Morgan fingerprint density at radius 2 is 1.96 bits per heavy atom. The van der Waals surface area contributed by atoms with Crippen LogP contribution in [0.4, 0.5) is 0 Å². The molecule has 0 aliphatic carbocycles.